The highest BCUT2D eigenvalue weighted by Gasteiger charge is 2.15. The number of carbonyl (C=O) groups is 1. The molecular formula is C10H17NO2. The fourth-order valence-electron chi connectivity index (χ4n) is 1.41. The number of hydrogen-bond acceptors (Lipinski definition) is 3. The second-order valence-electron chi connectivity index (χ2n) is 3.66. The van der Waals surface area contributed by atoms with Crippen molar-refractivity contribution in [1.29, 1.82) is 0 Å². The molecular weight excluding hydrogens is 166 g/mol. The first-order chi connectivity index (χ1) is 6.09. The van der Waals surface area contributed by atoms with E-state index < -0.39 is 0 Å². The standard InChI is InChI=1S/C10H17NO2/c1-8(12)5-6-11(2)9-3-4-10(13)7-9/h7-8,12H,3-6H2,1-2H3. The van der Waals surface area contributed by atoms with E-state index in [0.717, 1.165) is 25.1 Å². The summed E-state index contributed by atoms with van der Waals surface area (Å²) in [5, 5.41) is 9.08. The molecule has 0 heterocycles. The zero-order valence-electron chi connectivity index (χ0n) is 8.29. The van der Waals surface area contributed by atoms with E-state index in [-0.39, 0.29) is 11.9 Å². The molecule has 1 unspecified atom stereocenters. The molecule has 0 bridgehead atoms. The number of rotatable bonds is 4. The number of aliphatic hydroxyl groups is 1. The zero-order valence-corrected chi connectivity index (χ0v) is 8.29. The highest BCUT2D eigenvalue weighted by molar-refractivity contribution is 5.92. The van der Waals surface area contributed by atoms with Crippen LogP contribution in [-0.4, -0.2) is 35.5 Å². The van der Waals surface area contributed by atoms with Crippen molar-refractivity contribution < 1.29 is 9.90 Å². The van der Waals surface area contributed by atoms with Gasteiger partial charge in [0.25, 0.3) is 0 Å². The highest BCUT2D eigenvalue weighted by Crippen LogP contribution is 2.17. The van der Waals surface area contributed by atoms with Gasteiger partial charge in [0.2, 0.25) is 0 Å². The molecule has 3 heteroatoms. The molecule has 13 heavy (non-hydrogen) atoms. The maximum Gasteiger partial charge on any atom is 0.157 e. The molecule has 0 spiro atoms. The minimum Gasteiger partial charge on any atom is -0.393 e. The summed E-state index contributed by atoms with van der Waals surface area (Å²) < 4.78 is 0. The van der Waals surface area contributed by atoms with Gasteiger partial charge in [-0.2, -0.15) is 0 Å². The van der Waals surface area contributed by atoms with E-state index in [1.807, 2.05) is 7.05 Å². The smallest absolute Gasteiger partial charge is 0.157 e. The maximum atomic E-state index is 10.9. The van der Waals surface area contributed by atoms with Crippen molar-refractivity contribution in [3.63, 3.8) is 0 Å². The van der Waals surface area contributed by atoms with E-state index in [2.05, 4.69) is 4.90 Å². The quantitative estimate of drug-likeness (QED) is 0.705. The molecule has 0 amide bonds. The molecule has 0 aromatic heterocycles. The van der Waals surface area contributed by atoms with Crippen molar-refractivity contribution in [3.8, 4) is 0 Å². The third kappa shape index (κ3) is 3.19. The highest BCUT2D eigenvalue weighted by atomic mass is 16.3. The Hall–Kier alpha value is -0.830. The molecule has 0 aromatic carbocycles. The van der Waals surface area contributed by atoms with Crippen molar-refractivity contribution in [3.05, 3.63) is 11.8 Å². The molecule has 1 rings (SSSR count). The molecule has 0 aromatic rings. The molecule has 1 aliphatic carbocycles. The first-order valence-corrected chi connectivity index (χ1v) is 4.72. The summed E-state index contributed by atoms with van der Waals surface area (Å²) in [6, 6.07) is 0. The van der Waals surface area contributed by atoms with Crippen LogP contribution in [0.3, 0.4) is 0 Å². The van der Waals surface area contributed by atoms with Crippen molar-refractivity contribution in [2.24, 2.45) is 0 Å². The molecule has 74 valence electrons. The van der Waals surface area contributed by atoms with Crippen molar-refractivity contribution in [2.45, 2.75) is 32.3 Å². The lowest BCUT2D eigenvalue weighted by Crippen LogP contribution is -2.21. The van der Waals surface area contributed by atoms with Gasteiger partial charge in [0, 0.05) is 31.8 Å². The van der Waals surface area contributed by atoms with Crippen LogP contribution in [0.5, 0.6) is 0 Å². The number of hydrogen-bond donors (Lipinski definition) is 1. The SMILES string of the molecule is CC(O)CCN(C)C1=CC(=O)CC1. The Kier molecular flexibility index (Phi) is 3.48. The average molecular weight is 183 g/mol. The first-order valence-electron chi connectivity index (χ1n) is 4.72. The van der Waals surface area contributed by atoms with E-state index in [1.54, 1.807) is 13.0 Å². The molecule has 3 nitrogen and oxygen atoms in total. The van der Waals surface area contributed by atoms with Crippen LogP contribution in [0.25, 0.3) is 0 Å². The number of nitrogens with zero attached hydrogens (tertiary/aromatic N) is 1. The van der Waals surface area contributed by atoms with Gasteiger partial charge >= 0.3 is 0 Å². The Morgan fingerprint density at radius 1 is 1.62 bits per heavy atom. The lowest BCUT2D eigenvalue weighted by molar-refractivity contribution is -0.114. The van der Waals surface area contributed by atoms with Crippen LogP contribution < -0.4 is 0 Å². The third-order valence-corrected chi connectivity index (χ3v) is 2.33. The number of ketones is 1. The van der Waals surface area contributed by atoms with Crippen LogP contribution in [0.2, 0.25) is 0 Å². The normalized spacial score (nSPS) is 18.7. The molecule has 0 saturated heterocycles. The lowest BCUT2D eigenvalue weighted by Gasteiger charge is -2.20. The lowest BCUT2D eigenvalue weighted by atomic mass is 10.2. The third-order valence-electron chi connectivity index (χ3n) is 2.33. The molecule has 0 aliphatic heterocycles. The van der Waals surface area contributed by atoms with E-state index in [0.29, 0.717) is 6.42 Å². The van der Waals surface area contributed by atoms with Gasteiger partial charge < -0.3 is 10.0 Å². The predicted octanol–water partition coefficient (Wildman–Crippen LogP) is 0.936. The Bertz CT molecular complexity index is 221. The number of allylic oxidation sites excluding steroid dienone is 2. The van der Waals surface area contributed by atoms with Gasteiger partial charge in [-0.1, -0.05) is 0 Å². The Balaban J connectivity index is 2.35. The summed E-state index contributed by atoms with van der Waals surface area (Å²) in [5.74, 6) is 0.221. The molecule has 1 atom stereocenters. The van der Waals surface area contributed by atoms with Gasteiger partial charge in [-0.3, -0.25) is 4.79 Å². The van der Waals surface area contributed by atoms with Crippen LogP contribution in [0.4, 0.5) is 0 Å². The van der Waals surface area contributed by atoms with Crippen LogP contribution in [0, 0.1) is 0 Å². The van der Waals surface area contributed by atoms with Crippen molar-refractivity contribution >= 4 is 5.78 Å². The molecule has 1 N–H and O–H groups in total. The Morgan fingerprint density at radius 2 is 2.31 bits per heavy atom. The summed E-state index contributed by atoms with van der Waals surface area (Å²) in [4.78, 5) is 13.0. The minimum absolute atomic E-state index is 0.221. The summed E-state index contributed by atoms with van der Waals surface area (Å²) >= 11 is 0. The fraction of sp³-hybridized carbons (Fsp3) is 0.700. The van der Waals surface area contributed by atoms with Gasteiger partial charge in [0.05, 0.1) is 6.10 Å². The number of aliphatic hydroxyl groups excluding tert-OH is 1. The number of carbonyl (C=O) groups excluding carboxylic acids is 1. The van der Waals surface area contributed by atoms with Gasteiger partial charge in [-0.25, -0.2) is 0 Å². The zero-order chi connectivity index (χ0) is 9.84. The van der Waals surface area contributed by atoms with Gasteiger partial charge in [-0.15, -0.1) is 0 Å². The van der Waals surface area contributed by atoms with Crippen LogP contribution >= 0.6 is 0 Å². The van der Waals surface area contributed by atoms with Crippen LogP contribution in [-0.2, 0) is 4.79 Å². The topological polar surface area (TPSA) is 40.5 Å². The molecule has 0 radical (unpaired) electrons. The van der Waals surface area contributed by atoms with E-state index in [9.17, 15) is 4.79 Å². The Labute approximate surface area is 79.0 Å². The largest absolute Gasteiger partial charge is 0.393 e. The van der Waals surface area contributed by atoms with Crippen LogP contribution in [0.15, 0.2) is 11.8 Å². The van der Waals surface area contributed by atoms with E-state index in [4.69, 9.17) is 5.11 Å². The van der Waals surface area contributed by atoms with Gasteiger partial charge in [0.15, 0.2) is 5.78 Å². The average Bonchev–Trinajstić information content (AvgIpc) is 2.47. The predicted molar refractivity (Wildman–Crippen MR) is 51.3 cm³/mol. The van der Waals surface area contributed by atoms with E-state index >= 15 is 0 Å². The van der Waals surface area contributed by atoms with Crippen molar-refractivity contribution in [2.75, 3.05) is 13.6 Å². The first kappa shape index (κ1) is 10.3. The summed E-state index contributed by atoms with van der Waals surface area (Å²) in [6.45, 7) is 2.60. The Morgan fingerprint density at radius 3 is 2.77 bits per heavy atom. The second kappa shape index (κ2) is 4.42. The minimum atomic E-state index is -0.264. The summed E-state index contributed by atoms with van der Waals surface area (Å²) in [5.41, 5.74) is 1.10. The van der Waals surface area contributed by atoms with E-state index in [1.165, 1.54) is 0 Å². The summed E-state index contributed by atoms with van der Waals surface area (Å²) in [7, 11) is 1.97. The monoisotopic (exact) mass is 183 g/mol. The molecule has 0 fully saturated rings. The van der Waals surface area contributed by atoms with Gasteiger partial charge in [-0.05, 0) is 19.8 Å². The van der Waals surface area contributed by atoms with Crippen molar-refractivity contribution in [1.82, 2.24) is 4.90 Å². The second-order valence-corrected chi connectivity index (χ2v) is 3.66. The molecule has 1 aliphatic rings. The summed E-state index contributed by atoms with van der Waals surface area (Å²) in [6.07, 6.45) is 3.70. The van der Waals surface area contributed by atoms with Gasteiger partial charge in [0.1, 0.15) is 0 Å². The maximum absolute atomic E-state index is 10.9. The van der Waals surface area contributed by atoms with Crippen LogP contribution in [0.1, 0.15) is 26.2 Å². The fourth-order valence-corrected chi connectivity index (χ4v) is 1.41. The molecule has 0 saturated carbocycles.